The molecule has 0 heterocycles. The third kappa shape index (κ3) is 2.72. The van der Waals surface area contributed by atoms with Gasteiger partial charge >= 0.3 is 0 Å². The summed E-state index contributed by atoms with van der Waals surface area (Å²) in [6.45, 7) is 2.01. The second kappa shape index (κ2) is 5.01. The van der Waals surface area contributed by atoms with Gasteiger partial charge in [-0.05, 0) is 24.6 Å². The number of hydrogen-bond donors (Lipinski definition) is 0. The molecule has 1 aromatic rings. The smallest absolute Gasteiger partial charge is 0.0508 e. The zero-order chi connectivity index (χ0) is 8.81. The van der Waals surface area contributed by atoms with Gasteiger partial charge in [-0.25, -0.2) is 0 Å². The quantitative estimate of drug-likeness (QED) is 0.659. The van der Waals surface area contributed by atoms with Crippen molar-refractivity contribution in [3.8, 4) is 0 Å². The van der Waals surface area contributed by atoms with Crippen LogP contribution in [0.15, 0.2) is 35.2 Å². The van der Waals surface area contributed by atoms with E-state index in [9.17, 15) is 0 Å². The molecule has 0 atom stereocenters. The number of benzene rings is 1. The van der Waals surface area contributed by atoms with Crippen LogP contribution in [0.4, 0.5) is 0 Å². The average Bonchev–Trinajstić information content (AvgIpc) is 2.06. The molecule has 0 bridgehead atoms. The van der Waals surface area contributed by atoms with E-state index < -0.39 is 0 Å². The predicted octanol–water partition coefficient (Wildman–Crippen LogP) is 3.37. The van der Waals surface area contributed by atoms with Gasteiger partial charge < -0.3 is 4.18 Å². The van der Waals surface area contributed by atoms with Crippen molar-refractivity contribution in [1.82, 2.24) is 0 Å². The molecule has 12 heavy (non-hydrogen) atoms. The average molecular weight is 180 g/mol. The van der Waals surface area contributed by atoms with Crippen molar-refractivity contribution < 1.29 is 4.18 Å². The molecule has 0 fully saturated rings. The van der Waals surface area contributed by atoms with Crippen molar-refractivity contribution in [3.63, 3.8) is 0 Å². The Balaban J connectivity index is 2.80. The van der Waals surface area contributed by atoms with Crippen molar-refractivity contribution in [3.05, 3.63) is 35.9 Å². The summed E-state index contributed by atoms with van der Waals surface area (Å²) in [4.78, 5) is 1.13. The van der Waals surface area contributed by atoms with Gasteiger partial charge in [0.05, 0.1) is 7.11 Å². The standard InChI is InChI=1S/C10H12OS/c1-3-5-9-6-4-7-10(8-9)12-11-2/h3-8H,1-2H3/b5-3+. The van der Waals surface area contributed by atoms with Crippen LogP contribution < -0.4 is 0 Å². The van der Waals surface area contributed by atoms with E-state index >= 15 is 0 Å². The molecule has 0 saturated carbocycles. The molecule has 0 amide bonds. The Labute approximate surface area is 77.6 Å². The molecular weight excluding hydrogens is 168 g/mol. The molecule has 0 unspecified atom stereocenters. The van der Waals surface area contributed by atoms with E-state index in [0.29, 0.717) is 0 Å². The lowest BCUT2D eigenvalue weighted by Crippen LogP contribution is -1.75. The van der Waals surface area contributed by atoms with Crippen LogP contribution in [0.25, 0.3) is 6.08 Å². The number of rotatable bonds is 3. The Kier molecular flexibility index (Phi) is 3.91. The minimum Gasteiger partial charge on any atom is -0.314 e. The van der Waals surface area contributed by atoms with E-state index in [2.05, 4.69) is 18.2 Å². The first kappa shape index (κ1) is 9.36. The Morgan fingerprint density at radius 1 is 1.42 bits per heavy atom. The van der Waals surface area contributed by atoms with Gasteiger partial charge in [-0.15, -0.1) is 0 Å². The van der Waals surface area contributed by atoms with Crippen LogP contribution in [0.5, 0.6) is 0 Å². The zero-order valence-electron chi connectivity index (χ0n) is 7.28. The third-order valence-corrected chi connectivity index (χ3v) is 2.01. The van der Waals surface area contributed by atoms with Gasteiger partial charge in [-0.3, -0.25) is 0 Å². The van der Waals surface area contributed by atoms with Crippen LogP contribution in [0, 0.1) is 0 Å². The molecule has 2 heteroatoms. The first-order chi connectivity index (χ1) is 5.86. The van der Waals surface area contributed by atoms with Crippen LogP contribution in [-0.2, 0) is 4.18 Å². The van der Waals surface area contributed by atoms with Crippen LogP contribution in [0.1, 0.15) is 12.5 Å². The maximum absolute atomic E-state index is 4.95. The van der Waals surface area contributed by atoms with Crippen molar-refractivity contribution in [2.45, 2.75) is 11.8 Å². The third-order valence-electron chi connectivity index (χ3n) is 1.40. The van der Waals surface area contributed by atoms with Crippen LogP contribution >= 0.6 is 12.0 Å². The molecule has 1 rings (SSSR count). The Morgan fingerprint density at radius 3 is 2.92 bits per heavy atom. The molecule has 0 N–H and O–H groups in total. The van der Waals surface area contributed by atoms with Gasteiger partial charge in [-0.1, -0.05) is 24.3 Å². The topological polar surface area (TPSA) is 9.23 Å². The summed E-state index contributed by atoms with van der Waals surface area (Å²) in [7, 11) is 1.67. The predicted molar refractivity (Wildman–Crippen MR) is 54.0 cm³/mol. The molecule has 0 aliphatic carbocycles. The summed E-state index contributed by atoms with van der Waals surface area (Å²) in [5.74, 6) is 0. The minimum atomic E-state index is 1.13. The van der Waals surface area contributed by atoms with Crippen molar-refractivity contribution in [2.24, 2.45) is 0 Å². The van der Waals surface area contributed by atoms with E-state index in [1.165, 1.54) is 17.6 Å². The Morgan fingerprint density at radius 2 is 2.25 bits per heavy atom. The van der Waals surface area contributed by atoms with Gasteiger partial charge in [0.15, 0.2) is 0 Å². The highest BCUT2D eigenvalue weighted by Crippen LogP contribution is 2.19. The van der Waals surface area contributed by atoms with E-state index in [1.807, 2.05) is 25.1 Å². The molecule has 0 aliphatic heterocycles. The maximum Gasteiger partial charge on any atom is 0.0508 e. The molecule has 1 nitrogen and oxygen atoms in total. The first-order valence-corrected chi connectivity index (χ1v) is 4.54. The van der Waals surface area contributed by atoms with E-state index in [-0.39, 0.29) is 0 Å². The lowest BCUT2D eigenvalue weighted by Gasteiger charge is -1.98. The maximum atomic E-state index is 4.95. The van der Waals surface area contributed by atoms with Gasteiger partial charge in [-0.2, -0.15) is 0 Å². The minimum absolute atomic E-state index is 1.13. The second-order valence-corrected chi connectivity index (χ2v) is 3.29. The highest BCUT2D eigenvalue weighted by atomic mass is 32.2. The summed E-state index contributed by atoms with van der Waals surface area (Å²) in [5, 5.41) is 0. The van der Waals surface area contributed by atoms with Crippen molar-refractivity contribution >= 4 is 18.1 Å². The summed E-state index contributed by atoms with van der Waals surface area (Å²) in [5.41, 5.74) is 1.21. The monoisotopic (exact) mass is 180 g/mol. The summed E-state index contributed by atoms with van der Waals surface area (Å²) < 4.78 is 4.95. The lowest BCUT2D eigenvalue weighted by atomic mass is 10.2. The molecule has 0 radical (unpaired) electrons. The lowest BCUT2D eigenvalue weighted by molar-refractivity contribution is 0.490. The van der Waals surface area contributed by atoms with Crippen LogP contribution in [0.2, 0.25) is 0 Å². The first-order valence-electron chi connectivity index (χ1n) is 3.80. The van der Waals surface area contributed by atoms with Crippen LogP contribution in [0.3, 0.4) is 0 Å². The number of hydrogen-bond acceptors (Lipinski definition) is 2. The van der Waals surface area contributed by atoms with Crippen molar-refractivity contribution in [2.75, 3.05) is 7.11 Å². The largest absolute Gasteiger partial charge is 0.314 e. The SMILES string of the molecule is C/C=C/c1cccc(SOC)c1. The molecule has 0 aromatic heterocycles. The highest BCUT2D eigenvalue weighted by molar-refractivity contribution is 7.94. The zero-order valence-corrected chi connectivity index (χ0v) is 8.10. The van der Waals surface area contributed by atoms with E-state index in [4.69, 9.17) is 4.18 Å². The fourth-order valence-electron chi connectivity index (χ4n) is 0.959. The fourth-order valence-corrected chi connectivity index (χ4v) is 1.47. The summed E-state index contributed by atoms with van der Waals surface area (Å²) >= 11 is 1.38. The van der Waals surface area contributed by atoms with E-state index in [0.717, 1.165) is 4.90 Å². The summed E-state index contributed by atoms with van der Waals surface area (Å²) in [6, 6.07) is 8.21. The molecule has 0 spiro atoms. The normalized spacial score (nSPS) is 10.8. The van der Waals surface area contributed by atoms with Gasteiger partial charge in [0.25, 0.3) is 0 Å². The second-order valence-electron chi connectivity index (χ2n) is 2.32. The summed E-state index contributed by atoms with van der Waals surface area (Å²) in [6.07, 6.45) is 4.09. The Hall–Kier alpha value is -0.730. The van der Waals surface area contributed by atoms with E-state index in [1.54, 1.807) is 7.11 Å². The molecule has 0 aliphatic rings. The fraction of sp³-hybridized carbons (Fsp3) is 0.200. The molecule has 64 valence electrons. The Bertz CT molecular complexity index is 268. The number of allylic oxidation sites excluding steroid dienone is 1. The molecule has 0 saturated heterocycles. The van der Waals surface area contributed by atoms with Crippen LogP contribution in [-0.4, -0.2) is 7.11 Å². The van der Waals surface area contributed by atoms with Crippen molar-refractivity contribution in [1.29, 1.82) is 0 Å². The van der Waals surface area contributed by atoms with Gasteiger partial charge in [0.2, 0.25) is 0 Å². The van der Waals surface area contributed by atoms with Gasteiger partial charge in [0, 0.05) is 16.9 Å². The molecule has 1 aromatic carbocycles. The molecular formula is C10H12OS. The van der Waals surface area contributed by atoms with Gasteiger partial charge in [0.1, 0.15) is 0 Å². The highest BCUT2D eigenvalue weighted by Gasteiger charge is 1.92.